The zero-order valence-corrected chi connectivity index (χ0v) is 10.1. The monoisotopic (exact) mass is 236 g/mol. The van der Waals surface area contributed by atoms with Gasteiger partial charge < -0.3 is 14.2 Å². The van der Waals surface area contributed by atoms with Gasteiger partial charge in [0.05, 0.1) is 25.9 Å². The van der Waals surface area contributed by atoms with Gasteiger partial charge in [0.2, 0.25) is 0 Å². The van der Waals surface area contributed by atoms with E-state index in [1.54, 1.807) is 26.2 Å². The Morgan fingerprint density at radius 3 is 3.00 bits per heavy atom. The third-order valence-electron chi connectivity index (χ3n) is 2.73. The number of methoxy groups -OCH3 is 1. The SMILES string of the molecule is CCOC(=O)c1cc(OC)c2c(c1)OCCC2. The van der Waals surface area contributed by atoms with Crippen molar-refractivity contribution in [2.75, 3.05) is 20.3 Å². The molecule has 4 nitrogen and oxygen atoms in total. The Bertz CT molecular complexity index is 408. The van der Waals surface area contributed by atoms with Gasteiger partial charge in [0.1, 0.15) is 11.5 Å². The fourth-order valence-electron chi connectivity index (χ4n) is 1.94. The molecule has 0 unspecified atom stereocenters. The quantitative estimate of drug-likeness (QED) is 0.755. The number of carbonyl (C=O) groups is 1. The summed E-state index contributed by atoms with van der Waals surface area (Å²) in [4.78, 5) is 11.7. The second kappa shape index (κ2) is 5.08. The molecule has 0 saturated heterocycles. The summed E-state index contributed by atoms with van der Waals surface area (Å²) >= 11 is 0. The molecule has 17 heavy (non-hydrogen) atoms. The minimum atomic E-state index is -0.345. The van der Waals surface area contributed by atoms with Crippen LogP contribution in [0.3, 0.4) is 0 Å². The highest BCUT2D eigenvalue weighted by molar-refractivity contribution is 5.90. The Morgan fingerprint density at radius 1 is 1.47 bits per heavy atom. The van der Waals surface area contributed by atoms with Crippen LogP contribution >= 0.6 is 0 Å². The van der Waals surface area contributed by atoms with Crippen molar-refractivity contribution in [3.05, 3.63) is 23.3 Å². The summed E-state index contributed by atoms with van der Waals surface area (Å²) in [7, 11) is 1.60. The predicted octanol–water partition coefficient (Wildman–Crippen LogP) is 2.20. The van der Waals surface area contributed by atoms with Crippen LogP contribution in [0.15, 0.2) is 12.1 Å². The fourth-order valence-corrected chi connectivity index (χ4v) is 1.94. The third kappa shape index (κ3) is 2.35. The van der Waals surface area contributed by atoms with Gasteiger partial charge >= 0.3 is 5.97 Å². The standard InChI is InChI=1S/C13H16O4/c1-3-16-13(14)9-7-11(15-2)10-5-4-6-17-12(10)8-9/h7-8H,3-6H2,1-2H3. The molecule has 0 spiro atoms. The van der Waals surface area contributed by atoms with Crippen LogP contribution in [0.25, 0.3) is 0 Å². The van der Waals surface area contributed by atoms with Crippen molar-refractivity contribution >= 4 is 5.97 Å². The number of benzene rings is 1. The summed E-state index contributed by atoms with van der Waals surface area (Å²) in [6.07, 6.45) is 1.89. The minimum absolute atomic E-state index is 0.345. The molecule has 1 aromatic rings. The van der Waals surface area contributed by atoms with E-state index in [4.69, 9.17) is 14.2 Å². The van der Waals surface area contributed by atoms with Gasteiger partial charge in [0, 0.05) is 5.56 Å². The van der Waals surface area contributed by atoms with E-state index in [9.17, 15) is 4.79 Å². The van der Waals surface area contributed by atoms with Crippen LogP contribution in [0, 0.1) is 0 Å². The molecule has 1 aliphatic rings. The van der Waals surface area contributed by atoms with E-state index in [1.807, 2.05) is 0 Å². The van der Waals surface area contributed by atoms with Crippen molar-refractivity contribution in [1.82, 2.24) is 0 Å². The molecule has 1 aromatic carbocycles. The molecule has 1 aliphatic heterocycles. The zero-order valence-electron chi connectivity index (χ0n) is 10.1. The third-order valence-corrected chi connectivity index (χ3v) is 2.73. The van der Waals surface area contributed by atoms with Crippen LogP contribution in [0.5, 0.6) is 11.5 Å². The average Bonchev–Trinajstić information content (AvgIpc) is 2.37. The van der Waals surface area contributed by atoms with Gasteiger partial charge in [0.25, 0.3) is 0 Å². The number of rotatable bonds is 3. The topological polar surface area (TPSA) is 44.8 Å². The van der Waals surface area contributed by atoms with E-state index in [2.05, 4.69) is 0 Å². The molecule has 1 heterocycles. The average molecular weight is 236 g/mol. The molecular formula is C13H16O4. The Morgan fingerprint density at radius 2 is 2.29 bits per heavy atom. The van der Waals surface area contributed by atoms with Crippen LogP contribution in [-0.4, -0.2) is 26.3 Å². The van der Waals surface area contributed by atoms with Gasteiger partial charge in [-0.2, -0.15) is 0 Å². The van der Waals surface area contributed by atoms with Gasteiger partial charge in [-0.3, -0.25) is 0 Å². The lowest BCUT2D eigenvalue weighted by molar-refractivity contribution is 0.0525. The van der Waals surface area contributed by atoms with Gasteiger partial charge in [-0.15, -0.1) is 0 Å². The van der Waals surface area contributed by atoms with E-state index in [0.717, 1.165) is 24.2 Å². The normalized spacial score (nSPS) is 13.5. The van der Waals surface area contributed by atoms with E-state index < -0.39 is 0 Å². The lowest BCUT2D eigenvalue weighted by Gasteiger charge is -2.20. The van der Waals surface area contributed by atoms with E-state index in [-0.39, 0.29) is 5.97 Å². The summed E-state index contributed by atoms with van der Waals surface area (Å²) < 4.78 is 15.8. The number of fused-ring (bicyclic) bond motifs is 1. The van der Waals surface area contributed by atoms with Gasteiger partial charge in [-0.25, -0.2) is 4.79 Å². The molecule has 92 valence electrons. The smallest absolute Gasteiger partial charge is 0.338 e. The van der Waals surface area contributed by atoms with E-state index in [0.29, 0.717) is 24.5 Å². The number of ether oxygens (including phenoxy) is 3. The van der Waals surface area contributed by atoms with Crippen molar-refractivity contribution in [3.8, 4) is 11.5 Å². The van der Waals surface area contributed by atoms with E-state index >= 15 is 0 Å². The van der Waals surface area contributed by atoms with Crippen molar-refractivity contribution in [1.29, 1.82) is 0 Å². The Labute approximate surface area is 100 Å². The number of hydrogen-bond acceptors (Lipinski definition) is 4. The molecule has 0 bridgehead atoms. The number of hydrogen-bond donors (Lipinski definition) is 0. The van der Waals surface area contributed by atoms with Crippen LogP contribution in [-0.2, 0) is 11.2 Å². The molecule has 0 aliphatic carbocycles. The molecule has 2 rings (SSSR count). The van der Waals surface area contributed by atoms with E-state index in [1.165, 1.54) is 0 Å². The zero-order chi connectivity index (χ0) is 12.3. The maximum absolute atomic E-state index is 11.7. The molecular weight excluding hydrogens is 220 g/mol. The highest BCUT2D eigenvalue weighted by atomic mass is 16.5. The van der Waals surface area contributed by atoms with Crippen molar-refractivity contribution < 1.29 is 19.0 Å². The van der Waals surface area contributed by atoms with Gasteiger partial charge in [0.15, 0.2) is 0 Å². The van der Waals surface area contributed by atoms with Crippen LogP contribution < -0.4 is 9.47 Å². The lowest BCUT2D eigenvalue weighted by Crippen LogP contribution is -2.12. The molecule has 4 heteroatoms. The van der Waals surface area contributed by atoms with Crippen LogP contribution in [0.2, 0.25) is 0 Å². The molecule has 0 atom stereocenters. The molecule has 0 radical (unpaired) electrons. The van der Waals surface area contributed by atoms with Crippen molar-refractivity contribution in [3.63, 3.8) is 0 Å². The first-order valence-electron chi connectivity index (χ1n) is 5.77. The predicted molar refractivity (Wildman–Crippen MR) is 62.8 cm³/mol. The minimum Gasteiger partial charge on any atom is -0.496 e. The maximum atomic E-state index is 11.7. The summed E-state index contributed by atoms with van der Waals surface area (Å²) in [5.74, 6) is 1.09. The second-order valence-corrected chi connectivity index (χ2v) is 3.83. The summed E-state index contributed by atoms with van der Waals surface area (Å²) in [6, 6.07) is 3.44. The number of esters is 1. The Hall–Kier alpha value is -1.71. The Kier molecular flexibility index (Phi) is 3.52. The van der Waals surface area contributed by atoms with Crippen LogP contribution in [0.1, 0.15) is 29.3 Å². The summed E-state index contributed by atoms with van der Waals surface area (Å²) in [5, 5.41) is 0. The first-order chi connectivity index (χ1) is 8.26. The second-order valence-electron chi connectivity index (χ2n) is 3.83. The maximum Gasteiger partial charge on any atom is 0.338 e. The van der Waals surface area contributed by atoms with Gasteiger partial charge in [-0.05, 0) is 31.9 Å². The van der Waals surface area contributed by atoms with Crippen LogP contribution in [0.4, 0.5) is 0 Å². The first kappa shape index (κ1) is 11.8. The molecule has 0 aromatic heterocycles. The molecule has 0 N–H and O–H groups in total. The summed E-state index contributed by atoms with van der Waals surface area (Å²) in [6.45, 7) is 2.82. The number of carbonyl (C=O) groups excluding carboxylic acids is 1. The van der Waals surface area contributed by atoms with Crippen molar-refractivity contribution in [2.24, 2.45) is 0 Å². The highest BCUT2D eigenvalue weighted by Gasteiger charge is 2.19. The highest BCUT2D eigenvalue weighted by Crippen LogP contribution is 2.34. The first-order valence-corrected chi connectivity index (χ1v) is 5.77. The van der Waals surface area contributed by atoms with Crippen molar-refractivity contribution in [2.45, 2.75) is 19.8 Å². The molecule has 0 fully saturated rings. The lowest BCUT2D eigenvalue weighted by atomic mass is 10.0. The fraction of sp³-hybridized carbons (Fsp3) is 0.462. The Balaban J connectivity index is 2.39. The largest absolute Gasteiger partial charge is 0.496 e. The molecule has 0 amide bonds. The summed E-state index contributed by atoms with van der Waals surface area (Å²) in [5.41, 5.74) is 1.51. The van der Waals surface area contributed by atoms with Gasteiger partial charge in [-0.1, -0.05) is 0 Å². The molecule has 0 saturated carbocycles.